The average molecular weight is 180 g/mol. The van der Waals surface area contributed by atoms with Crippen molar-refractivity contribution in [3.05, 3.63) is 24.7 Å². The molecule has 1 unspecified atom stereocenters. The molecule has 0 amide bonds. The molecule has 13 heavy (non-hydrogen) atoms. The minimum atomic E-state index is 0.498. The van der Waals surface area contributed by atoms with Crippen LogP contribution in [0.1, 0.15) is 33.6 Å². The molecule has 0 N–H and O–H groups in total. The van der Waals surface area contributed by atoms with E-state index in [1.165, 1.54) is 5.70 Å². The molecule has 0 aromatic heterocycles. The Labute approximate surface area is 81.5 Å². The molecule has 1 rings (SSSR count). The number of hydrogen-bond donors (Lipinski definition) is 0. The molecule has 0 aromatic rings. The molecule has 0 aromatic carbocycles. The van der Waals surface area contributed by atoms with Crippen molar-refractivity contribution < 1.29 is 0 Å². The summed E-state index contributed by atoms with van der Waals surface area (Å²) in [5.74, 6) is 0. The molecule has 0 saturated heterocycles. The minimum absolute atomic E-state index is 0.498. The van der Waals surface area contributed by atoms with Gasteiger partial charge in [0.2, 0.25) is 0 Å². The predicted molar refractivity (Wildman–Crippen MR) is 56.9 cm³/mol. The summed E-state index contributed by atoms with van der Waals surface area (Å²) in [5.41, 5.74) is 1.43. The summed E-state index contributed by atoms with van der Waals surface area (Å²) in [4.78, 5) is 4.66. The molecular formula is C11H20N2. The van der Waals surface area contributed by atoms with Gasteiger partial charge in [-0.1, -0.05) is 20.4 Å². The first-order chi connectivity index (χ1) is 6.28. The zero-order valence-corrected chi connectivity index (χ0v) is 8.95. The second-order valence-corrected chi connectivity index (χ2v) is 3.28. The van der Waals surface area contributed by atoms with Crippen LogP contribution in [0.25, 0.3) is 0 Å². The molecule has 0 fully saturated rings. The van der Waals surface area contributed by atoms with Crippen LogP contribution >= 0.6 is 0 Å². The van der Waals surface area contributed by atoms with Gasteiger partial charge >= 0.3 is 0 Å². The van der Waals surface area contributed by atoms with Crippen LogP contribution in [0.2, 0.25) is 0 Å². The van der Waals surface area contributed by atoms with E-state index in [4.69, 9.17) is 0 Å². The van der Waals surface area contributed by atoms with E-state index < -0.39 is 0 Å². The summed E-state index contributed by atoms with van der Waals surface area (Å²) in [6.07, 6.45) is 6.87. The minimum Gasteiger partial charge on any atom is -0.353 e. The highest BCUT2D eigenvalue weighted by Crippen LogP contribution is 2.26. The molecule has 1 aliphatic heterocycles. The van der Waals surface area contributed by atoms with Gasteiger partial charge < -0.3 is 9.80 Å². The van der Waals surface area contributed by atoms with Crippen molar-refractivity contribution in [2.45, 2.75) is 39.8 Å². The van der Waals surface area contributed by atoms with Crippen LogP contribution in [-0.2, 0) is 0 Å². The van der Waals surface area contributed by atoms with Crippen LogP contribution in [-0.4, -0.2) is 22.5 Å². The van der Waals surface area contributed by atoms with Crippen molar-refractivity contribution in [1.29, 1.82) is 0 Å². The molecule has 0 radical (unpaired) electrons. The monoisotopic (exact) mass is 180 g/mol. The molecule has 0 bridgehead atoms. The van der Waals surface area contributed by atoms with Crippen LogP contribution in [0.4, 0.5) is 0 Å². The lowest BCUT2D eigenvalue weighted by molar-refractivity contribution is 0.181. The van der Waals surface area contributed by atoms with E-state index >= 15 is 0 Å². The molecule has 0 saturated carbocycles. The van der Waals surface area contributed by atoms with Crippen molar-refractivity contribution >= 4 is 0 Å². The topological polar surface area (TPSA) is 6.48 Å². The maximum atomic E-state index is 3.83. The maximum Gasteiger partial charge on any atom is 0.105 e. The Kier molecular flexibility index (Phi) is 3.40. The Morgan fingerprint density at radius 2 is 2.15 bits per heavy atom. The molecule has 1 atom stereocenters. The van der Waals surface area contributed by atoms with Gasteiger partial charge in [0.15, 0.2) is 0 Å². The van der Waals surface area contributed by atoms with Crippen molar-refractivity contribution in [3.8, 4) is 0 Å². The van der Waals surface area contributed by atoms with E-state index in [2.05, 4.69) is 43.3 Å². The zero-order chi connectivity index (χ0) is 9.84. The van der Waals surface area contributed by atoms with E-state index in [-0.39, 0.29) is 0 Å². The third kappa shape index (κ3) is 1.71. The molecule has 2 nitrogen and oxygen atoms in total. The molecule has 0 aliphatic carbocycles. The summed E-state index contributed by atoms with van der Waals surface area (Å²) in [6, 6.07) is 0. The maximum absolute atomic E-state index is 3.83. The van der Waals surface area contributed by atoms with Gasteiger partial charge in [-0.15, -0.1) is 0 Å². The normalized spacial score (nSPS) is 22.1. The van der Waals surface area contributed by atoms with Gasteiger partial charge in [-0.25, -0.2) is 0 Å². The van der Waals surface area contributed by atoms with E-state index in [0.717, 1.165) is 19.4 Å². The first-order valence-electron chi connectivity index (χ1n) is 5.15. The highest BCUT2D eigenvalue weighted by molar-refractivity contribution is 5.11. The standard InChI is InChI=1S/C11H20N2/c1-5-10-9-12(7-3)11(6-2)13(10)8-4/h7,9,11H,3,5-6,8H2,1-2,4H3. The van der Waals surface area contributed by atoms with Crippen molar-refractivity contribution in [1.82, 2.24) is 9.80 Å². The van der Waals surface area contributed by atoms with E-state index in [0.29, 0.717) is 6.17 Å². The van der Waals surface area contributed by atoms with Crippen LogP contribution in [0.3, 0.4) is 0 Å². The Morgan fingerprint density at radius 1 is 1.46 bits per heavy atom. The van der Waals surface area contributed by atoms with Gasteiger partial charge in [0.25, 0.3) is 0 Å². The van der Waals surface area contributed by atoms with Crippen LogP contribution in [0.15, 0.2) is 24.7 Å². The average Bonchev–Trinajstić information content (AvgIpc) is 2.54. The molecule has 0 spiro atoms. The molecule has 2 heteroatoms. The second kappa shape index (κ2) is 4.35. The summed E-state index contributed by atoms with van der Waals surface area (Å²) in [7, 11) is 0. The summed E-state index contributed by atoms with van der Waals surface area (Å²) < 4.78 is 0. The van der Waals surface area contributed by atoms with Gasteiger partial charge in [-0.2, -0.15) is 0 Å². The van der Waals surface area contributed by atoms with Gasteiger partial charge in [0, 0.05) is 18.4 Å². The quantitative estimate of drug-likeness (QED) is 0.656. The van der Waals surface area contributed by atoms with Crippen molar-refractivity contribution in [3.63, 3.8) is 0 Å². The van der Waals surface area contributed by atoms with E-state index in [9.17, 15) is 0 Å². The van der Waals surface area contributed by atoms with E-state index in [1.54, 1.807) is 0 Å². The lowest BCUT2D eigenvalue weighted by Gasteiger charge is -2.30. The van der Waals surface area contributed by atoms with Gasteiger partial charge in [0.1, 0.15) is 6.17 Å². The highest BCUT2D eigenvalue weighted by atomic mass is 15.4. The molecule has 1 aliphatic rings. The number of rotatable bonds is 4. The third-order valence-electron chi connectivity index (χ3n) is 2.65. The summed E-state index contributed by atoms with van der Waals surface area (Å²) >= 11 is 0. The summed E-state index contributed by atoms with van der Waals surface area (Å²) in [5, 5.41) is 0. The SMILES string of the molecule is C=CN1C=C(CC)N(CC)C1CC. The lowest BCUT2D eigenvalue weighted by Crippen LogP contribution is -2.36. The molecular weight excluding hydrogens is 160 g/mol. The molecule has 1 heterocycles. The fraction of sp³-hybridized carbons (Fsp3) is 0.636. The summed E-state index contributed by atoms with van der Waals surface area (Å²) in [6.45, 7) is 11.5. The van der Waals surface area contributed by atoms with Gasteiger partial charge in [0.05, 0.1) is 0 Å². The Balaban J connectivity index is 2.81. The lowest BCUT2D eigenvalue weighted by atomic mass is 10.3. The number of allylic oxidation sites excluding steroid dienone is 1. The van der Waals surface area contributed by atoms with Crippen molar-refractivity contribution in [2.24, 2.45) is 0 Å². The second-order valence-electron chi connectivity index (χ2n) is 3.28. The smallest absolute Gasteiger partial charge is 0.105 e. The zero-order valence-electron chi connectivity index (χ0n) is 8.95. The van der Waals surface area contributed by atoms with Gasteiger partial charge in [-0.3, -0.25) is 0 Å². The van der Waals surface area contributed by atoms with Crippen LogP contribution in [0.5, 0.6) is 0 Å². The first kappa shape index (κ1) is 10.2. The fourth-order valence-electron chi connectivity index (χ4n) is 2.00. The van der Waals surface area contributed by atoms with Crippen LogP contribution in [0, 0.1) is 0 Å². The van der Waals surface area contributed by atoms with Gasteiger partial charge in [-0.05, 0) is 26.0 Å². The van der Waals surface area contributed by atoms with E-state index in [1.807, 2.05) is 6.20 Å². The highest BCUT2D eigenvalue weighted by Gasteiger charge is 2.26. The third-order valence-corrected chi connectivity index (χ3v) is 2.65. The van der Waals surface area contributed by atoms with Crippen LogP contribution < -0.4 is 0 Å². The number of hydrogen-bond acceptors (Lipinski definition) is 2. The predicted octanol–water partition coefficient (Wildman–Crippen LogP) is 2.75. The largest absolute Gasteiger partial charge is 0.353 e. The first-order valence-corrected chi connectivity index (χ1v) is 5.15. The Morgan fingerprint density at radius 3 is 2.54 bits per heavy atom. The Bertz CT molecular complexity index is 208. The van der Waals surface area contributed by atoms with Crippen molar-refractivity contribution in [2.75, 3.05) is 6.54 Å². The number of nitrogens with zero attached hydrogens (tertiary/aromatic N) is 2. The fourth-order valence-corrected chi connectivity index (χ4v) is 2.00. The molecule has 74 valence electrons. The Hall–Kier alpha value is -0.920.